The molecule has 0 aromatic heterocycles. The number of hydrazine groups is 1. The Balaban J connectivity index is 2.68. The first-order chi connectivity index (χ1) is 12.3. The third-order valence-corrected chi connectivity index (χ3v) is 5.78. The van der Waals surface area contributed by atoms with Gasteiger partial charge in [0.1, 0.15) is 4.91 Å². The summed E-state index contributed by atoms with van der Waals surface area (Å²) in [4.78, 5) is 4.73. The fraction of sp³-hybridized carbons (Fsp3) is 0.353. The molecule has 1 heterocycles. The van der Waals surface area contributed by atoms with E-state index in [-0.39, 0.29) is 16.3 Å². The first-order valence-corrected chi connectivity index (χ1v) is 9.82. The number of nitrogens with one attached hydrogen (secondary N) is 2. The highest BCUT2D eigenvalue weighted by molar-refractivity contribution is 7.95. The summed E-state index contributed by atoms with van der Waals surface area (Å²) in [5.74, 6) is 0.300. The molecule has 1 aliphatic heterocycles. The zero-order valence-electron chi connectivity index (χ0n) is 15.2. The van der Waals surface area contributed by atoms with Crippen molar-refractivity contribution in [1.82, 2.24) is 15.8 Å². The second-order valence-electron chi connectivity index (χ2n) is 5.62. The molecule has 0 atom stereocenters. The minimum absolute atomic E-state index is 0.111. The largest absolute Gasteiger partial charge is 0.378 e. The number of rotatable bonds is 7. The van der Waals surface area contributed by atoms with Gasteiger partial charge in [0.2, 0.25) is 9.84 Å². The minimum Gasteiger partial charge on any atom is -0.378 e. The van der Waals surface area contributed by atoms with E-state index >= 15 is 0 Å². The van der Waals surface area contributed by atoms with Crippen LogP contribution >= 0.6 is 11.6 Å². The molecule has 0 spiro atoms. The third-order valence-electron chi connectivity index (χ3n) is 3.69. The zero-order chi connectivity index (χ0) is 19.3. The summed E-state index contributed by atoms with van der Waals surface area (Å²) in [6.45, 7) is 2.23. The predicted molar refractivity (Wildman–Crippen MR) is 104 cm³/mol. The Hall–Kier alpha value is -1.71. The molecule has 0 saturated heterocycles. The SMILES string of the molecule is CNC/C(=C1/N=C(C)C=C(COC)N1NC)S(=O)(=O)c1cccc(Cl)c1. The summed E-state index contributed by atoms with van der Waals surface area (Å²) >= 11 is 5.99. The van der Waals surface area contributed by atoms with Gasteiger partial charge in [0, 0.05) is 31.4 Å². The van der Waals surface area contributed by atoms with Crippen molar-refractivity contribution < 1.29 is 13.2 Å². The van der Waals surface area contributed by atoms with Gasteiger partial charge in [0.05, 0.1) is 17.2 Å². The number of ether oxygens (including phenoxy) is 1. The maximum absolute atomic E-state index is 13.3. The van der Waals surface area contributed by atoms with Crippen LogP contribution in [0.2, 0.25) is 5.02 Å². The van der Waals surface area contributed by atoms with E-state index in [0.717, 1.165) is 5.70 Å². The molecule has 0 radical (unpaired) electrons. The van der Waals surface area contributed by atoms with Crippen LogP contribution in [0.4, 0.5) is 0 Å². The molecule has 0 aliphatic carbocycles. The monoisotopic (exact) mass is 398 g/mol. The van der Waals surface area contributed by atoms with Gasteiger partial charge in [-0.05, 0) is 38.2 Å². The number of nitrogens with zero attached hydrogens (tertiary/aromatic N) is 2. The molecule has 7 nitrogen and oxygen atoms in total. The molecule has 0 bridgehead atoms. The molecule has 0 unspecified atom stereocenters. The average molecular weight is 399 g/mol. The predicted octanol–water partition coefficient (Wildman–Crippen LogP) is 1.94. The van der Waals surface area contributed by atoms with Crippen LogP contribution in [-0.4, -0.2) is 53.5 Å². The number of benzene rings is 1. The quantitative estimate of drug-likeness (QED) is 0.730. The Kier molecular flexibility index (Phi) is 6.96. The molecule has 1 aromatic rings. The summed E-state index contributed by atoms with van der Waals surface area (Å²) in [6.07, 6.45) is 1.84. The average Bonchev–Trinajstić information content (AvgIpc) is 2.59. The third kappa shape index (κ3) is 4.33. The van der Waals surface area contributed by atoms with Gasteiger partial charge in [0.15, 0.2) is 5.82 Å². The van der Waals surface area contributed by atoms with Crippen LogP contribution in [0.15, 0.2) is 56.7 Å². The van der Waals surface area contributed by atoms with Gasteiger partial charge < -0.3 is 10.1 Å². The van der Waals surface area contributed by atoms with Gasteiger partial charge in [-0.1, -0.05) is 17.7 Å². The molecular formula is C17H23ClN4O3S. The number of likely N-dealkylation sites (N-methyl/N-ethyl adjacent to an activating group) is 1. The van der Waals surface area contributed by atoms with E-state index in [1.807, 2.05) is 13.0 Å². The van der Waals surface area contributed by atoms with Crippen LogP contribution in [0, 0.1) is 0 Å². The van der Waals surface area contributed by atoms with E-state index in [1.165, 1.54) is 12.1 Å². The van der Waals surface area contributed by atoms with E-state index in [1.54, 1.807) is 38.3 Å². The number of aliphatic imine (C=N–C) groups is 1. The molecule has 142 valence electrons. The summed E-state index contributed by atoms with van der Waals surface area (Å²) in [5, 5.41) is 4.89. The van der Waals surface area contributed by atoms with E-state index in [2.05, 4.69) is 15.7 Å². The normalized spacial score (nSPS) is 17.0. The van der Waals surface area contributed by atoms with E-state index in [4.69, 9.17) is 16.3 Å². The molecule has 0 fully saturated rings. The summed E-state index contributed by atoms with van der Waals surface area (Å²) in [7, 11) is 1.15. The van der Waals surface area contributed by atoms with Crippen molar-refractivity contribution >= 4 is 27.1 Å². The van der Waals surface area contributed by atoms with Crippen molar-refractivity contribution in [2.45, 2.75) is 11.8 Å². The first-order valence-electron chi connectivity index (χ1n) is 7.95. The number of allylic oxidation sites excluding steroid dienone is 1. The van der Waals surface area contributed by atoms with E-state index < -0.39 is 9.84 Å². The highest BCUT2D eigenvalue weighted by atomic mass is 35.5. The van der Waals surface area contributed by atoms with Crippen molar-refractivity contribution in [1.29, 1.82) is 0 Å². The number of hydrogen-bond acceptors (Lipinski definition) is 7. The van der Waals surface area contributed by atoms with Crippen LogP contribution in [0.1, 0.15) is 6.92 Å². The second kappa shape index (κ2) is 8.79. The molecule has 9 heteroatoms. The Morgan fingerprint density at radius 2 is 2.08 bits per heavy atom. The minimum atomic E-state index is -3.81. The van der Waals surface area contributed by atoms with Crippen molar-refractivity contribution in [2.75, 3.05) is 34.4 Å². The lowest BCUT2D eigenvalue weighted by atomic mass is 10.2. The molecule has 0 saturated carbocycles. The highest BCUT2D eigenvalue weighted by Gasteiger charge is 2.30. The van der Waals surface area contributed by atoms with Crippen LogP contribution in [0.5, 0.6) is 0 Å². The Labute approximate surface area is 159 Å². The summed E-state index contributed by atoms with van der Waals surface area (Å²) < 4.78 is 31.8. The summed E-state index contributed by atoms with van der Waals surface area (Å²) in [5.41, 5.74) is 4.43. The van der Waals surface area contributed by atoms with Crippen LogP contribution in [-0.2, 0) is 14.6 Å². The zero-order valence-corrected chi connectivity index (χ0v) is 16.8. The van der Waals surface area contributed by atoms with Gasteiger partial charge in [-0.15, -0.1) is 0 Å². The first kappa shape index (κ1) is 20.6. The van der Waals surface area contributed by atoms with Gasteiger partial charge in [-0.3, -0.25) is 5.01 Å². The van der Waals surface area contributed by atoms with Crippen LogP contribution in [0.25, 0.3) is 0 Å². The lowest BCUT2D eigenvalue weighted by Gasteiger charge is -2.31. The van der Waals surface area contributed by atoms with Crippen LogP contribution < -0.4 is 10.7 Å². The van der Waals surface area contributed by atoms with Gasteiger partial charge in [-0.2, -0.15) is 0 Å². The smallest absolute Gasteiger partial charge is 0.207 e. The van der Waals surface area contributed by atoms with Crippen molar-refractivity contribution in [3.8, 4) is 0 Å². The Bertz CT molecular complexity index is 863. The maximum atomic E-state index is 13.3. The van der Waals surface area contributed by atoms with E-state index in [0.29, 0.717) is 23.2 Å². The Morgan fingerprint density at radius 1 is 1.35 bits per heavy atom. The summed E-state index contributed by atoms with van der Waals surface area (Å²) in [6, 6.07) is 6.20. The van der Waals surface area contributed by atoms with E-state index in [9.17, 15) is 8.42 Å². The van der Waals surface area contributed by atoms with Crippen molar-refractivity contribution in [3.05, 3.63) is 51.8 Å². The molecular weight excluding hydrogens is 376 g/mol. The lowest BCUT2D eigenvalue weighted by molar-refractivity contribution is 0.184. The fourth-order valence-corrected chi connectivity index (χ4v) is 4.40. The number of halogens is 1. The molecule has 2 rings (SSSR count). The molecule has 1 aliphatic rings. The molecule has 2 N–H and O–H groups in total. The van der Waals surface area contributed by atoms with Crippen LogP contribution in [0.3, 0.4) is 0 Å². The van der Waals surface area contributed by atoms with Gasteiger partial charge >= 0.3 is 0 Å². The standard InChI is InChI=1S/C17H23ClN4O3S/c1-12-8-14(11-25-4)22(20-3)17(21-12)16(10-19-2)26(23,24)15-7-5-6-13(18)9-15/h5-9,19-20H,10-11H2,1-4H3/b17-16+. The molecule has 26 heavy (non-hydrogen) atoms. The molecule has 1 aromatic carbocycles. The highest BCUT2D eigenvalue weighted by Crippen LogP contribution is 2.28. The maximum Gasteiger partial charge on any atom is 0.207 e. The molecule has 0 amide bonds. The van der Waals surface area contributed by atoms with Crippen molar-refractivity contribution in [3.63, 3.8) is 0 Å². The number of hydrogen-bond donors (Lipinski definition) is 2. The fourth-order valence-electron chi connectivity index (χ4n) is 2.61. The van der Waals surface area contributed by atoms with Gasteiger partial charge in [-0.25, -0.2) is 18.8 Å². The van der Waals surface area contributed by atoms with Crippen molar-refractivity contribution in [2.24, 2.45) is 4.99 Å². The van der Waals surface area contributed by atoms with Gasteiger partial charge in [0.25, 0.3) is 0 Å². The number of methoxy groups -OCH3 is 1. The topological polar surface area (TPSA) is 83.0 Å². The lowest BCUT2D eigenvalue weighted by Crippen LogP contribution is -2.39. The second-order valence-corrected chi connectivity index (χ2v) is 8.03. The Morgan fingerprint density at radius 3 is 2.65 bits per heavy atom. The number of sulfone groups is 1.